The van der Waals surface area contributed by atoms with Gasteiger partial charge in [0.15, 0.2) is 11.6 Å². The van der Waals surface area contributed by atoms with Crippen molar-refractivity contribution in [2.24, 2.45) is 4.99 Å². The number of nitrogens with one attached hydrogen (secondary N) is 2. The van der Waals surface area contributed by atoms with E-state index in [9.17, 15) is 22.4 Å². The Hall–Kier alpha value is -4.42. The Morgan fingerprint density at radius 2 is 1.91 bits per heavy atom. The van der Waals surface area contributed by atoms with Gasteiger partial charge in [-0.1, -0.05) is 18.2 Å². The minimum absolute atomic E-state index is 0.00747. The van der Waals surface area contributed by atoms with Gasteiger partial charge >= 0.3 is 6.18 Å². The number of rotatable bonds is 13. The van der Waals surface area contributed by atoms with Crippen molar-refractivity contribution < 1.29 is 41.7 Å². The number of hydrazine groups is 1. The second-order valence-electron chi connectivity index (χ2n) is 9.71. The molecule has 0 spiro atoms. The molecule has 43 heavy (non-hydrogen) atoms. The van der Waals surface area contributed by atoms with Crippen LogP contribution in [0.5, 0.6) is 11.5 Å². The van der Waals surface area contributed by atoms with Crippen molar-refractivity contribution >= 4 is 11.8 Å². The number of aliphatic hydroxyl groups excluding tert-OH is 1. The highest BCUT2D eigenvalue weighted by Gasteiger charge is 2.52. The summed E-state index contributed by atoms with van der Waals surface area (Å²) in [6, 6.07) is 16.0. The van der Waals surface area contributed by atoms with E-state index in [0.717, 1.165) is 12.1 Å². The maximum Gasteiger partial charge on any atom is 0.416 e. The maximum absolute atomic E-state index is 13.9. The van der Waals surface area contributed by atoms with E-state index in [-0.39, 0.29) is 31.0 Å². The molecule has 0 saturated heterocycles. The van der Waals surface area contributed by atoms with Crippen molar-refractivity contribution in [3.05, 3.63) is 107 Å². The summed E-state index contributed by atoms with van der Waals surface area (Å²) < 4.78 is 70.6. The summed E-state index contributed by atoms with van der Waals surface area (Å²) in [6.07, 6.45) is -3.64. The average molecular weight is 602 g/mol. The van der Waals surface area contributed by atoms with E-state index < -0.39 is 35.1 Å². The number of methoxy groups -OCH3 is 1. The lowest BCUT2D eigenvalue weighted by atomic mass is 9.84. The molecule has 8 nitrogen and oxygen atoms in total. The number of benzene rings is 3. The maximum atomic E-state index is 13.9. The molecule has 3 aromatic carbocycles. The third kappa shape index (κ3) is 7.51. The summed E-state index contributed by atoms with van der Waals surface area (Å²) in [4.78, 5) is 18.6. The van der Waals surface area contributed by atoms with Gasteiger partial charge in [0.05, 0.1) is 19.3 Å². The predicted octanol–water partition coefficient (Wildman–Crippen LogP) is 5.27. The Bertz CT molecular complexity index is 1460. The van der Waals surface area contributed by atoms with Crippen LogP contribution in [0.3, 0.4) is 0 Å². The van der Waals surface area contributed by atoms with Crippen LogP contribution in [0.25, 0.3) is 0 Å². The fourth-order valence-corrected chi connectivity index (χ4v) is 4.59. The smallest absolute Gasteiger partial charge is 0.416 e. The molecule has 1 aliphatic heterocycles. The number of aliphatic hydroxyl groups is 1. The van der Waals surface area contributed by atoms with E-state index >= 15 is 0 Å². The summed E-state index contributed by atoms with van der Waals surface area (Å²) in [5.74, 6) is -0.428. The number of ether oxygens (including phenoxy) is 3. The quantitative estimate of drug-likeness (QED) is 0.107. The van der Waals surface area contributed by atoms with Crippen LogP contribution in [0.4, 0.5) is 17.6 Å². The molecule has 1 aliphatic rings. The van der Waals surface area contributed by atoms with Crippen LogP contribution >= 0.6 is 0 Å². The third-order valence-electron chi connectivity index (χ3n) is 6.66. The van der Waals surface area contributed by atoms with Gasteiger partial charge in [-0.3, -0.25) is 10.2 Å². The molecule has 3 aromatic rings. The van der Waals surface area contributed by atoms with Crippen LogP contribution in [-0.2, 0) is 22.3 Å². The van der Waals surface area contributed by atoms with E-state index in [0.29, 0.717) is 41.7 Å². The Kier molecular flexibility index (Phi) is 10.0. The molecule has 228 valence electrons. The number of carbonyl (C=O) groups excluding carboxylic acids is 1. The minimum atomic E-state index is -4.73. The van der Waals surface area contributed by atoms with Crippen molar-refractivity contribution in [2.45, 2.75) is 37.2 Å². The molecule has 0 unspecified atom stereocenters. The predicted molar refractivity (Wildman–Crippen MR) is 151 cm³/mol. The van der Waals surface area contributed by atoms with E-state index in [2.05, 4.69) is 17.4 Å². The highest BCUT2D eigenvalue weighted by Crippen LogP contribution is 2.43. The van der Waals surface area contributed by atoms with Crippen LogP contribution in [0.15, 0.2) is 84.4 Å². The number of carbonyl (C=O) groups is 1. The van der Waals surface area contributed by atoms with Gasteiger partial charge in [0.25, 0.3) is 5.91 Å². The van der Waals surface area contributed by atoms with Crippen molar-refractivity contribution in [1.29, 1.82) is 0 Å². The SMILES string of the molecule is C=CC[C@]1(C(=O)NNCc2cc(F)cc(C(F)(F)F)c2)N=C(c2ccc(OCCCO)cc2)O[C@H]1c1cccc(OC)c1. The lowest BCUT2D eigenvalue weighted by molar-refractivity contribution is -0.138. The van der Waals surface area contributed by atoms with Crippen LogP contribution < -0.4 is 20.3 Å². The first-order valence-electron chi connectivity index (χ1n) is 13.3. The number of hydrogen-bond donors (Lipinski definition) is 3. The molecule has 0 fully saturated rings. The molecule has 0 bridgehead atoms. The van der Waals surface area contributed by atoms with Gasteiger partial charge in [0.2, 0.25) is 5.90 Å². The molecule has 0 radical (unpaired) electrons. The zero-order chi connectivity index (χ0) is 31.0. The Morgan fingerprint density at radius 3 is 2.58 bits per heavy atom. The van der Waals surface area contributed by atoms with Gasteiger partial charge in [-0.05, 0) is 65.7 Å². The monoisotopic (exact) mass is 601 g/mol. The fourth-order valence-electron chi connectivity index (χ4n) is 4.59. The van der Waals surface area contributed by atoms with Crippen LogP contribution in [0.2, 0.25) is 0 Å². The summed E-state index contributed by atoms with van der Waals surface area (Å²) in [5.41, 5.74) is 3.52. The van der Waals surface area contributed by atoms with Gasteiger partial charge < -0.3 is 19.3 Å². The summed E-state index contributed by atoms with van der Waals surface area (Å²) in [5, 5.41) is 8.96. The number of aliphatic imine (C=N–C) groups is 1. The molecular weight excluding hydrogens is 570 g/mol. The number of alkyl halides is 3. The summed E-state index contributed by atoms with van der Waals surface area (Å²) in [6.45, 7) is 3.85. The van der Waals surface area contributed by atoms with Gasteiger partial charge in [-0.2, -0.15) is 13.2 Å². The van der Waals surface area contributed by atoms with E-state index in [1.54, 1.807) is 48.5 Å². The minimum Gasteiger partial charge on any atom is -0.497 e. The molecular formula is C31H31F4N3O5. The van der Waals surface area contributed by atoms with Crippen molar-refractivity contribution in [1.82, 2.24) is 10.9 Å². The molecule has 0 aromatic heterocycles. The van der Waals surface area contributed by atoms with Crippen molar-refractivity contribution in [3.63, 3.8) is 0 Å². The number of nitrogens with zero attached hydrogens (tertiary/aromatic N) is 1. The number of amides is 1. The molecule has 2 atom stereocenters. The zero-order valence-electron chi connectivity index (χ0n) is 23.3. The fraction of sp³-hybridized carbons (Fsp3) is 0.290. The standard InChI is InChI=1S/C31H31F4N3O5/c1-3-12-30(29(40)38-36-19-20-15-23(31(33,34)35)18-24(32)16-20)27(22-6-4-7-26(17-22)41-2)43-28(37-30)21-8-10-25(11-9-21)42-14-5-13-39/h3-4,6-11,15-18,27,36,39H,1,5,12-14,19H2,2H3,(H,38,40)/t27-,30-/m0/s1. The lowest BCUT2D eigenvalue weighted by Gasteiger charge is -2.30. The zero-order valence-corrected chi connectivity index (χ0v) is 23.3. The van der Waals surface area contributed by atoms with E-state index in [1.165, 1.54) is 13.2 Å². The van der Waals surface area contributed by atoms with Crippen molar-refractivity contribution in [3.8, 4) is 11.5 Å². The van der Waals surface area contributed by atoms with E-state index in [1.807, 2.05) is 0 Å². The Morgan fingerprint density at radius 1 is 1.14 bits per heavy atom. The van der Waals surface area contributed by atoms with Gasteiger partial charge in [-0.25, -0.2) is 14.8 Å². The average Bonchev–Trinajstić information content (AvgIpc) is 3.38. The van der Waals surface area contributed by atoms with Gasteiger partial charge in [0, 0.05) is 31.6 Å². The molecule has 0 saturated carbocycles. The highest BCUT2D eigenvalue weighted by molar-refractivity contribution is 6.01. The normalized spacial score (nSPS) is 18.0. The number of hydrogen-bond acceptors (Lipinski definition) is 7. The molecule has 0 aliphatic carbocycles. The lowest BCUT2D eigenvalue weighted by Crippen LogP contribution is -2.52. The van der Waals surface area contributed by atoms with Crippen LogP contribution in [-0.4, -0.2) is 42.8 Å². The first-order valence-corrected chi connectivity index (χ1v) is 13.3. The van der Waals surface area contributed by atoms with Crippen LogP contribution in [0, 0.1) is 5.82 Å². The molecule has 1 amide bonds. The topological polar surface area (TPSA) is 101 Å². The largest absolute Gasteiger partial charge is 0.497 e. The molecule has 3 N–H and O–H groups in total. The van der Waals surface area contributed by atoms with E-state index in [4.69, 9.17) is 24.3 Å². The number of halogens is 4. The highest BCUT2D eigenvalue weighted by atomic mass is 19.4. The second-order valence-corrected chi connectivity index (χ2v) is 9.71. The Balaban J connectivity index is 1.63. The first-order chi connectivity index (χ1) is 20.6. The third-order valence-corrected chi connectivity index (χ3v) is 6.66. The summed E-state index contributed by atoms with van der Waals surface area (Å²) >= 11 is 0. The Labute approximate surface area is 246 Å². The van der Waals surface area contributed by atoms with Crippen molar-refractivity contribution in [2.75, 3.05) is 20.3 Å². The van der Waals surface area contributed by atoms with Gasteiger partial charge in [-0.15, -0.1) is 6.58 Å². The van der Waals surface area contributed by atoms with Gasteiger partial charge in [0.1, 0.15) is 17.3 Å². The molecule has 12 heteroatoms. The molecule has 1 heterocycles. The first kappa shape index (κ1) is 31.5. The van der Waals surface area contributed by atoms with Crippen LogP contribution in [0.1, 0.15) is 41.2 Å². The second kappa shape index (κ2) is 13.7. The molecule has 4 rings (SSSR count). The summed E-state index contributed by atoms with van der Waals surface area (Å²) in [7, 11) is 1.50.